The SMILES string of the molecule is NC=Cc1ccc([N+](=O)[O-])c(Cl)c1. The second kappa shape index (κ2) is 3.91. The monoisotopic (exact) mass is 198 g/mol. The van der Waals surface area contributed by atoms with Gasteiger partial charge in [0, 0.05) is 6.07 Å². The van der Waals surface area contributed by atoms with Crippen LogP contribution in [-0.2, 0) is 0 Å². The van der Waals surface area contributed by atoms with E-state index in [0.717, 1.165) is 5.56 Å². The molecule has 5 heteroatoms. The van der Waals surface area contributed by atoms with Gasteiger partial charge in [0.15, 0.2) is 0 Å². The van der Waals surface area contributed by atoms with Gasteiger partial charge in [-0.2, -0.15) is 0 Å². The van der Waals surface area contributed by atoms with Crippen LogP contribution in [0.1, 0.15) is 5.56 Å². The second-order valence-electron chi connectivity index (χ2n) is 2.33. The Morgan fingerprint density at radius 2 is 2.23 bits per heavy atom. The van der Waals surface area contributed by atoms with Gasteiger partial charge in [0.05, 0.1) is 4.92 Å². The van der Waals surface area contributed by atoms with Gasteiger partial charge in [0.25, 0.3) is 5.69 Å². The predicted molar refractivity (Wildman–Crippen MR) is 51.3 cm³/mol. The predicted octanol–water partition coefficient (Wildman–Crippen LogP) is 2.18. The van der Waals surface area contributed by atoms with Crippen molar-refractivity contribution in [2.45, 2.75) is 0 Å². The minimum absolute atomic E-state index is 0.101. The third-order valence-corrected chi connectivity index (χ3v) is 1.76. The number of hydrogen-bond acceptors (Lipinski definition) is 3. The van der Waals surface area contributed by atoms with Crippen molar-refractivity contribution in [3.63, 3.8) is 0 Å². The van der Waals surface area contributed by atoms with Gasteiger partial charge in [-0.3, -0.25) is 10.1 Å². The molecule has 0 atom stereocenters. The van der Waals surface area contributed by atoms with Crippen LogP contribution in [0.15, 0.2) is 24.4 Å². The van der Waals surface area contributed by atoms with Crippen LogP contribution in [0, 0.1) is 10.1 Å². The number of nitro benzene ring substituents is 1. The van der Waals surface area contributed by atoms with Crippen molar-refractivity contribution in [3.05, 3.63) is 45.1 Å². The van der Waals surface area contributed by atoms with E-state index in [4.69, 9.17) is 17.3 Å². The lowest BCUT2D eigenvalue weighted by Gasteiger charge is -1.96. The highest BCUT2D eigenvalue weighted by Crippen LogP contribution is 2.25. The first kappa shape index (κ1) is 9.54. The summed E-state index contributed by atoms with van der Waals surface area (Å²) in [5.41, 5.74) is 5.78. The number of benzene rings is 1. The van der Waals surface area contributed by atoms with Gasteiger partial charge in [-0.15, -0.1) is 0 Å². The summed E-state index contributed by atoms with van der Waals surface area (Å²) < 4.78 is 0. The van der Waals surface area contributed by atoms with Gasteiger partial charge in [0.1, 0.15) is 5.02 Å². The minimum atomic E-state index is -0.529. The number of halogens is 1. The average molecular weight is 199 g/mol. The molecule has 0 unspecified atom stereocenters. The summed E-state index contributed by atoms with van der Waals surface area (Å²) >= 11 is 5.64. The molecule has 0 saturated carbocycles. The summed E-state index contributed by atoms with van der Waals surface area (Å²) in [6.45, 7) is 0. The number of hydrogen-bond donors (Lipinski definition) is 1. The van der Waals surface area contributed by atoms with Crippen LogP contribution in [-0.4, -0.2) is 4.92 Å². The number of nitro groups is 1. The van der Waals surface area contributed by atoms with Crippen molar-refractivity contribution in [1.29, 1.82) is 0 Å². The topological polar surface area (TPSA) is 69.2 Å². The Morgan fingerprint density at radius 1 is 1.54 bits per heavy atom. The number of nitrogens with zero attached hydrogens (tertiary/aromatic N) is 1. The fourth-order valence-electron chi connectivity index (χ4n) is 0.886. The molecular formula is C8H7ClN2O2. The van der Waals surface area contributed by atoms with E-state index in [9.17, 15) is 10.1 Å². The van der Waals surface area contributed by atoms with Gasteiger partial charge in [-0.05, 0) is 30.0 Å². The third-order valence-electron chi connectivity index (χ3n) is 1.46. The van der Waals surface area contributed by atoms with E-state index in [1.165, 1.54) is 18.3 Å². The van der Waals surface area contributed by atoms with E-state index in [1.807, 2.05) is 0 Å². The third kappa shape index (κ3) is 2.19. The molecule has 68 valence electrons. The lowest BCUT2D eigenvalue weighted by Crippen LogP contribution is -1.89. The van der Waals surface area contributed by atoms with Gasteiger partial charge in [-0.25, -0.2) is 0 Å². The molecule has 13 heavy (non-hydrogen) atoms. The van der Waals surface area contributed by atoms with Gasteiger partial charge < -0.3 is 5.73 Å². The van der Waals surface area contributed by atoms with E-state index in [-0.39, 0.29) is 10.7 Å². The van der Waals surface area contributed by atoms with Crippen LogP contribution in [0.4, 0.5) is 5.69 Å². The summed E-state index contributed by atoms with van der Waals surface area (Å²) in [6.07, 6.45) is 2.95. The largest absolute Gasteiger partial charge is 0.405 e. The van der Waals surface area contributed by atoms with E-state index in [2.05, 4.69) is 0 Å². The van der Waals surface area contributed by atoms with Crippen molar-refractivity contribution in [2.24, 2.45) is 5.73 Å². The molecule has 0 aromatic heterocycles. The second-order valence-corrected chi connectivity index (χ2v) is 2.73. The van der Waals surface area contributed by atoms with Gasteiger partial charge in [-0.1, -0.05) is 11.6 Å². The van der Waals surface area contributed by atoms with Crippen LogP contribution in [0.3, 0.4) is 0 Å². The zero-order valence-corrected chi connectivity index (χ0v) is 7.36. The van der Waals surface area contributed by atoms with Crippen LogP contribution < -0.4 is 5.73 Å². The maximum atomic E-state index is 10.4. The Bertz CT molecular complexity index is 363. The smallest absolute Gasteiger partial charge is 0.287 e. The molecule has 2 N–H and O–H groups in total. The van der Waals surface area contributed by atoms with E-state index in [1.54, 1.807) is 12.1 Å². The fraction of sp³-hybridized carbons (Fsp3) is 0. The van der Waals surface area contributed by atoms with Crippen LogP contribution in [0.25, 0.3) is 6.08 Å². The minimum Gasteiger partial charge on any atom is -0.405 e. The molecule has 0 fully saturated rings. The molecule has 1 aromatic carbocycles. The van der Waals surface area contributed by atoms with Crippen molar-refractivity contribution in [1.82, 2.24) is 0 Å². The van der Waals surface area contributed by atoms with E-state index >= 15 is 0 Å². The van der Waals surface area contributed by atoms with Gasteiger partial charge >= 0.3 is 0 Å². The van der Waals surface area contributed by atoms with E-state index < -0.39 is 4.92 Å². The summed E-state index contributed by atoms with van der Waals surface area (Å²) in [5, 5.41) is 10.5. The lowest BCUT2D eigenvalue weighted by atomic mass is 10.2. The number of nitrogens with two attached hydrogens (primary N) is 1. The Balaban J connectivity index is 3.12. The fourth-order valence-corrected chi connectivity index (χ4v) is 1.14. The van der Waals surface area contributed by atoms with Crippen molar-refractivity contribution in [3.8, 4) is 0 Å². The Hall–Kier alpha value is -1.55. The zero-order valence-electron chi connectivity index (χ0n) is 6.61. The first-order chi connectivity index (χ1) is 6.15. The molecule has 0 amide bonds. The molecule has 0 aliphatic rings. The molecule has 0 bridgehead atoms. The van der Waals surface area contributed by atoms with Crippen molar-refractivity contribution < 1.29 is 4.92 Å². The molecule has 4 nitrogen and oxygen atoms in total. The molecule has 0 spiro atoms. The Morgan fingerprint density at radius 3 is 2.69 bits per heavy atom. The summed E-state index contributed by atoms with van der Waals surface area (Å²) in [6, 6.07) is 4.41. The lowest BCUT2D eigenvalue weighted by molar-refractivity contribution is -0.384. The Kier molecular flexibility index (Phi) is 2.87. The molecule has 0 aliphatic heterocycles. The van der Waals surface area contributed by atoms with Crippen molar-refractivity contribution in [2.75, 3.05) is 0 Å². The molecule has 0 aliphatic carbocycles. The quantitative estimate of drug-likeness (QED) is 0.585. The van der Waals surface area contributed by atoms with E-state index in [0.29, 0.717) is 0 Å². The number of rotatable bonds is 2. The van der Waals surface area contributed by atoms with Crippen molar-refractivity contribution >= 4 is 23.4 Å². The summed E-state index contributed by atoms with van der Waals surface area (Å²) in [7, 11) is 0. The molecule has 0 heterocycles. The maximum absolute atomic E-state index is 10.4. The zero-order chi connectivity index (χ0) is 9.84. The van der Waals surface area contributed by atoms with Gasteiger partial charge in [0.2, 0.25) is 0 Å². The standard InChI is InChI=1S/C8H7ClN2O2/c9-7-5-6(3-4-10)1-2-8(7)11(12)13/h1-5H,10H2. The van der Waals surface area contributed by atoms with Crippen LogP contribution in [0.5, 0.6) is 0 Å². The molecule has 0 radical (unpaired) electrons. The highest BCUT2D eigenvalue weighted by atomic mass is 35.5. The van der Waals surface area contributed by atoms with Crippen LogP contribution >= 0.6 is 11.6 Å². The first-order valence-corrected chi connectivity index (χ1v) is 3.85. The highest BCUT2D eigenvalue weighted by molar-refractivity contribution is 6.32. The molecule has 1 rings (SSSR count). The molecular weight excluding hydrogens is 192 g/mol. The molecule has 0 saturated heterocycles. The average Bonchev–Trinajstić information content (AvgIpc) is 2.04. The normalized spacial score (nSPS) is 10.5. The summed E-state index contributed by atoms with van der Waals surface area (Å²) in [4.78, 5) is 9.84. The first-order valence-electron chi connectivity index (χ1n) is 3.47. The van der Waals surface area contributed by atoms with Crippen LogP contribution in [0.2, 0.25) is 5.02 Å². The molecule has 1 aromatic rings. The maximum Gasteiger partial charge on any atom is 0.287 e. The summed E-state index contributed by atoms with van der Waals surface area (Å²) in [5.74, 6) is 0. The highest BCUT2D eigenvalue weighted by Gasteiger charge is 2.10. The Labute approximate surface area is 79.8 Å².